The average Bonchev–Trinajstić information content (AvgIpc) is 3.54. The molecule has 1 fully saturated rings. The predicted molar refractivity (Wildman–Crippen MR) is 135 cm³/mol. The van der Waals surface area contributed by atoms with Crippen molar-refractivity contribution in [3.8, 4) is 16.9 Å². The van der Waals surface area contributed by atoms with Gasteiger partial charge in [0.15, 0.2) is 22.2 Å². The van der Waals surface area contributed by atoms with Crippen LogP contribution in [-0.2, 0) is 10.9 Å². The zero-order valence-electron chi connectivity index (χ0n) is 20.1. The summed E-state index contributed by atoms with van der Waals surface area (Å²) in [6.07, 6.45) is -10.2. The largest absolute Gasteiger partial charge is 0.418 e. The molecule has 0 unspecified atom stereocenters. The van der Waals surface area contributed by atoms with Gasteiger partial charge >= 0.3 is 6.18 Å². The number of aromatic amines is 1. The number of nitrogens with zero attached hydrogens (tertiary/aromatic N) is 5. The number of aliphatic hydroxyl groups is 3. The van der Waals surface area contributed by atoms with Gasteiger partial charge in [-0.3, -0.25) is 9.67 Å². The van der Waals surface area contributed by atoms with Crippen molar-refractivity contribution in [3.63, 3.8) is 0 Å². The lowest BCUT2D eigenvalue weighted by Gasteiger charge is -2.41. The van der Waals surface area contributed by atoms with Crippen molar-refractivity contribution in [1.82, 2.24) is 29.8 Å². The Morgan fingerprint density at radius 1 is 1.07 bits per heavy atom. The first-order valence-corrected chi connectivity index (χ1v) is 12.7. The second-order valence-electron chi connectivity index (χ2n) is 8.94. The van der Waals surface area contributed by atoms with Crippen LogP contribution < -0.4 is 0 Å². The number of rotatable bonds is 5. The summed E-state index contributed by atoms with van der Waals surface area (Å²) < 4.78 is 77.3. The Hall–Kier alpha value is -2.99. The number of hydrogen-bond donors (Lipinski definition) is 4. The van der Waals surface area contributed by atoms with E-state index in [1.165, 1.54) is 0 Å². The van der Waals surface area contributed by atoms with Crippen LogP contribution in [0.15, 0.2) is 36.5 Å². The van der Waals surface area contributed by atoms with Crippen LogP contribution in [0.5, 0.6) is 0 Å². The summed E-state index contributed by atoms with van der Waals surface area (Å²) in [4.78, 5) is 0. The van der Waals surface area contributed by atoms with Crippen LogP contribution in [0, 0.1) is 16.4 Å². The topological polar surface area (TPSA) is 134 Å². The van der Waals surface area contributed by atoms with E-state index in [1.54, 1.807) is 0 Å². The van der Waals surface area contributed by atoms with E-state index in [4.69, 9.17) is 40.2 Å². The van der Waals surface area contributed by atoms with E-state index in [2.05, 4.69) is 20.5 Å². The van der Waals surface area contributed by atoms with Crippen LogP contribution in [0.3, 0.4) is 0 Å². The Bertz CT molecular complexity index is 1660. The third-order valence-corrected chi connectivity index (χ3v) is 7.28. The molecular formula is C23H17Cl2F5N6O4S. The van der Waals surface area contributed by atoms with Gasteiger partial charge in [-0.25, -0.2) is 13.5 Å². The minimum Gasteiger partial charge on any atom is -0.394 e. The van der Waals surface area contributed by atoms with Crippen molar-refractivity contribution in [2.24, 2.45) is 0 Å². The number of ether oxygens (including phenoxy) is 1. The summed E-state index contributed by atoms with van der Waals surface area (Å²) in [5.41, 5.74) is -2.18. The van der Waals surface area contributed by atoms with Crippen LogP contribution in [0.25, 0.3) is 16.9 Å². The maximum absolute atomic E-state index is 14.5. The summed E-state index contributed by atoms with van der Waals surface area (Å²) in [6, 6.07) is 3.55. The van der Waals surface area contributed by atoms with Crippen LogP contribution in [0.2, 0.25) is 10.0 Å². The monoisotopic (exact) mass is 638 g/mol. The standard InChI is InChI=1S/C23H17Cl2F5N6O4S/c24-8-1-3-10(23(28,29)30)13(5-8)36-21(32-33-22(36)41)20-19(39)17(18(38)14(7-37)40-20)35-6-12(31-34-35)9-2-4-11(25)16(27)15(9)26/h1-6,14,17-20,37-39H,7H2,(H,33,41)/t14-,17+,18+,19-,20-/m1/s1. The molecule has 4 N–H and O–H groups in total. The lowest BCUT2D eigenvalue weighted by Crippen LogP contribution is -2.53. The summed E-state index contributed by atoms with van der Waals surface area (Å²) in [5, 5.41) is 45.5. The molecule has 0 aliphatic carbocycles. The van der Waals surface area contributed by atoms with Crippen LogP contribution in [0.1, 0.15) is 23.5 Å². The first-order chi connectivity index (χ1) is 19.3. The molecule has 3 heterocycles. The van der Waals surface area contributed by atoms with Gasteiger partial charge in [-0.1, -0.05) is 28.4 Å². The molecule has 0 amide bonds. The van der Waals surface area contributed by atoms with Crippen molar-refractivity contribution in [2.75, 3.05) is 6.61 Å². The Kier molecular flexibility index (Phi) is 7.92. The minimum atomic E-state index is -4.84. The second-order valence-corrected chi connectivity index (χ2v) is 10.2. The molecule has 10 nitrogen and oxygen atoms in total. The van der Waals surface area contributed by atoms with E-state index < -0.39 is 71.1 Å². The number of nitrogens with one attached hydrogen (secondary N) is 1. The summed E-state index contributed by atoms with van der Waals surface area (Å²) >= 11 is 16.8. The van der Waals surface area contributed by atoms with Crippen molar-refractivity contribution >= 4 is 35.4 Å². The molecule has 5 atom stereocenters. The highest BCUT2D eigenvalue weighted by atomic mass is 35.5. The van der Waals surface area contributed by atoms with E-state index in [0.29, 0.717) is 0 Å². The van der Waals surface area contributed by atoms with Gasteiger partial charge in [0.1, 0.15) is 36.2 Å². The molecule has 0 spiro atoms. The van der Waals surface area contributed by atoms with E-state index in [0.717, 1.165) is 45.8 Å². The number of benzene rings is 2. The van der Waals surface area contributed by atoms with Crippen LogP contribution >= 0.6 is 35.4 Å². The van der Waals surface area contributed by atoms with E-state index in [9.17, 15) is 37.3 Å². The van der Waals surface area contributed by atoms with Gasteiger partial charge in [-0.15, -0.1) is 5.10 Å². The lowest BCUT2D eigenvalue weighted by molar-refractivity contribution is -0.210. The van der Waals surface area contributed by atoms with Crippen molar-refractivity contribution < 1.29 is 42.0 Å². The van der Waals surface area contributed by atoms with Crippen LogP contribution in [0.4, 0.5) is 22.0 Å². The molecule has 1 saturated heterocycles. The van der Waals surface area contributed by atoms with E-state index in [1.807, 2.05) is 0 Å². The fourth-order valence-electron chi connectivity index (χ4n) is 4.56. The van der Waals surface area contributed by atoms with Gasteiger partial charge in [0.25, 0.3) is 0 Å². The molecule has 4 aromatic rings. The molecule has 0 bridgehead atoms. The van der Waals surface area contributed by atoms with Gasteiger partial charge in [0, 0.05) is 10.6 Å². The molecule has 41 heavy (non-hydrogen) atoms. The molecule has 18 heteroatoms. The average molecular weight is 639 g/mol. The molecule has 0 radical (unpaired) electrons. The first-order valence-electron chi connectivity index (χ1n) is 11.6. The van der Waals surface area contributed by atoms with E-state index >= 15 is 0 Å². The molecular weight excluding hydrogens is 622 g/mol. The number of aliphatic hydroxyl groups excluding tert-OH is 3. The zero-order chi connectivity index (χ0) is 29.8. The molecule has 2 aromatic carbocycles. The molecule has 1 aliphatic heterocycles. The van der Waals surface area contributed by atoms with Crippen molar-refractivity contribution in [1.29, 1.82) is 0 Å². The van der Waals surface area contributed by atoms with E-state index in [-0.39, 0.29) is 26.9 Å². The Balaban J connectivity index is 1.59. The summed E-state index contributed by atoms with van der Waals surface area (Å²) in [6.45, 7) is -0.796. The number of aromatic nitrogens is 6. The van der Waals surface area contributed by atoms with Gasteiger partial charge < -0.3 is 20.1 Å². The smallest absolute Gasteiger partial charge is 0.394 e. The fourth-order valence-corrected chi connectivity index (χ4v) is 5.11. The van der Waals surface area contributed by atoms with Gasteiger partial charge in [-0.05, 0) is 42.5 Å². The number of hydrogen-bond acceptors (Lipinski definition) is 8. The fraction of sp³-hybridized carbons (Fsp3) is 0.304. The zero-order valence-corrected chi connectivity index (χ0v) is 22.4. The molecule has 0 saturated carbocycles. The quantitative estimate of drug-likeness (QED) is 0.145. The molecule has 5 rings (SSSR count). The third-order valence-electron chi connectivity index (χ3n) is 6.48. The van der Waals surface area contributed by atoms with Gasteiger partial charge in [0.05, 0.1) is 29.1 Å². The summed E-state index contributed by atoms with van der Waals surface area (Å²) in [7, 11) is 0. The highest BCUT2D eigenvalue weighted by Crippen LogP contribution is 2.41. The second kappa shape index (κ2) is 11.0. The highest BCUT2D eigenvalue weighted by molar-refractivity contribution is 7.71. The normalized spacial score (nSPS) is 23.2. The lowest BCUT2D eigenvalue weighted by atomic mass is 9.92. The SMILES string of the molecule is OC[C@H]1O[C@@H](c2n[nH]c(=S)n2-c2cc(Cl)ccc2C(F)(F)F)[C@H](O)[C@@H](n2cc(-c3ccc(Cl)c(F)c3F)nn2)[C@H]1O. The predicted octanol–water partition coefficient (Wildman–Crippen LogP) is 4.19. The maximum Gasteiger partial charge on any atom is 0.418 e. The Labute approximate surface area is 241 Å². The highest BCUT2D eigenvalue weighted by Gasteiger charge is 2.49. The maximum atomic E-state index is 14.5. The van der Waals surface area contributed by atoms with Gasteiger partial charge in [0.2, 0.25) is 0 Å². The third kappa shape index (κ3) is 5.24. The number of halogens is 7. The molecule has 1 aliphatic rings. The first kappa shape index (κ1) is 29.5. The number of alkyl halides is 3. The minimum absolute atomic E-state index is 0.0605. The van der Waals surface area contributed by atoms with Gasteiger partial charge in [-0.2, -0.15) is 18.3 Å². The Morgan fingerprint density at radius 2 is 1.80 bits per heavy atom. The summed E-state index contributed by atoms with van der Waals surface area (Å²) in [5.74, 6) is -3.00. The van der Waals surface area contributed by atoms with Crippen LogP contribution in [-0.4, -0.2) is 70.0 Å². The van der Waals surface area contributed by atoms with Crippen molar-refractivity contribution in [3.05, 3.63) is 74.4 Å². The Morgan fingerprint density at radius 3 is 2.49 bits per heavy atom. The van der Waals surface area contributed by atoms with Crippen molar-refractivity contribution in [2.45, 2.75) is 36.6 Å². The molecule has 218 valence electrons. The molecule has 2 aromatic heterocycles. The number of H-pyrrole nitrogens is 1.